The quantitative estimate of drug-likeness (QED) is 0.262. The van der Waals surface area contributed by atoms with Gasteiger partial charge < -0.3 is 23.9 Å². The standard InChI is InChI=1S/C29H20Cl2N2O5.Na/c30-23-2-1-3-24(31)26(23)27-22(28(38-33-27)16-4-5-16)15-36-20-9-6-18-13-21(10-7-17(18)12-20)37-25-11-8-19(14-32-25)29(34)35;/h1-3,6-14,16H,4-5,15H2,(H,34,35);/q;+1/p-1. The van der Waals surface area contributed by atoms with Gasteiger partial charge in [-0.15, -0.1) is 0 Å². The third-order valence-electron chi connectivity index (χ3n) is 6.33. The normalized spacial score (nSPS) is 12.7. The molecule has 1 saturated carbocycles. The molecule has 0 atom stereocenters. The Balaban J connectivity index is 0.00000308. The third-order valence-corrected chi connectivity index (χ3v) is 6.96. The average molecular weight is 569 g/mol. The molecule has 0 unspecified atom stereocenters. The van der Waals surface area contributed by atoms with Crippen LogP contribution in [-0.4, -0.2) is 16.1 Å². The van der Waals surface area contributed by atoms with Gasteiger partial charge in [0, 0.05) is 29.3 Å². The monoisotopic (exact) mass is 568 g/mol. The van der Waals surface area contributed by atoms with Gasteiger partial charge in [0.05, 0.1) is 21.6 Å². The average Bonchev–Trinajstić information content (AvgIpc) is 3.68. The summed E-state index contributed by atoms with van der Waals surface area (Å²) in [6.45, 7) is 0.256. The molecule has 0 aliphatic heterocycles. The number of carbonyl (C=O) groups is 1. The van der Waals surface area contributed by atoms with Crippen molar-refractivity contribution in [1.29, 1.82) is 0 Å². The molecule has 0 radical (unpaired) electrons. The van der Waals surface area contributed by atoms with Gasteiger partial charge in [0.15, 0.2) is 0 Å². The van der Waals surface area contributed by atoms with Crippen molar-refractivity contribution in [2.45, 2.75) is 25.4 Å². The Morgan fingerprint density at radius 2 is 1.67 bits per heavy atom. The van der Waals surface area contributed by atoms with E-state index in [1.54, 1.807) is 18.2 Å². The van der Waals surface area contributed by atoms with Crippen molar-refractivity contribution >= 4 is 39.9 Å². The van der Waals surface area contributed by atoms with Crippen molar-refractivity contribution in [1.82, 2.24) is 10.1 Å². The summed E-state index contributed by atoms with van der Waals surface area (Å²) >= 11 is 12.9. The first kappa shape index (κ1) is 27.5. The number of hydrogen-bond donors (Lipinski definition) is 0. The number of nitrogens with zero attached hydrogens (tertiary/aromatic N) is 2. The number of pyridine rings is 1. The summed E-state index contributed by atoms with van der Waals surface area (Å²) in [6.07, 6.45) is 3.30. The van der Waals surface area contributed by atoms with Crippen LogP contribution < -0.4 is 44.1 Å². The largest absolute Gasteiger partial charge is 1.00 e. The molecule has 7 nitrogen and oxygen atoms in total. The molecular formula is C29H19Cl2N2NaO5. The van der Waals surface area contributed by atoms with Crippen molar-refractivity contribution in [3.8, 4) is 28.6 Å². The molecule has 1 aliphatic rings. The molecule has 10 heteroatoms. The van der Waals surface area contributed by atoms with Gasteiger partial charge in [-0.3, -0.25) is 0 Å². The second-order valence-corrected chi connectivity index (χ2v) is 9.79. The molecule has 2 heterocycles. The second-order valence-electron chi connectivity index (χ2n) is 8.98. The molecule has 5 aromatic rings. The SMILES string of the molecule is O=C([O-])c1ccc(Oc2ccc3cc(OCc4c(-c5c(Cl)cccc5Cl)noc4C4CC4)ccc3c2)nc1.[Na+]. The van der Waals surface area contributed by atoms with Crippen LogP contribution >= 0.6 is 23.2 Å². The van der Waals surface area contributed by atoms with Gasteiger partial charge in [-0.2, -0.15) is 0 Å². The number of benzene rings is 3. The van der Waals surface area contributed by atoms with Gasteiger partial charge in [0.25, 0.3) is 0 Å². The van der Waals surface area contributed by atoms with Gasteiger partial charge in [-0.05, 0) is 66.1 Å². The fourth-order valence-corrected chi connectivity index (χ4v) is 4.82. The predicted molar refractivity (Wildman–Crippen MR) is 141 cm³/mol. The number of rotatable bonds is 8. The molecule has 2 aromatic heterocycles. The van der Waals surface area contributed by atoms with Gasteiger partial charge in [-0.25, -0.2) is 4.98 Å². The van der Waals surface area contributed by atoms with E-state index in [2.05, 4.69) is 10.1 Å². The Kier molecular flexibility index (Phi) is 8.16. The first-order valence-corrected chi connectivity index (χ1v) is 12.7. The van der Waals surface area contributed by atoms with Crippen LogP contribution in [0.3, 0.4) is 0 Å². The van der Waals surface area contributed by atoms with Crippen LogP contribution in [0.1, 0.15) is 40.4 Å². The number of carboxylic acids is 1. The van der Waals surface area contributed by atoms with Gasteiger partial charge in [0.1, 0.15) is 29.6 Å². The molecule has 0 N–H and O–H groups in total. The predicted octanol–water partition coefficient (Wildman–Crippen LogP) is 3.81. The molecule has 1 aliphatic carbocycles. The van der Waals surface area contributed by atoms with E-state index in [0.29, 0.717) is 38.7 Å². The number of ether oxygens (including phenoxy) is 2. The van der Waals surface area contributed by atoms with E-state index in [9.17, 15) is 9.90 Å². The van der Waals surface area contributed by atoms with Gasteiger partial charge >= 0.3 is 29.6 Å². The molecule has 0 amide bonds. The summed E-state index contributed by atoms with van der Waals surface area (Å²) in [5, 5.41) is 18.1. The molecule has 0 saturated heterocycles. The maximum Gasteiger partial charge on any atom is 1.00 e. The molecule has 0 bridgehead atoms. The molecule has 3 aromatic carbocycles. The van der Waals surface area contributed by atoms with E-state index >= 15 is 0 Å². The molecular weight excluding hydrogens is 550 g/mol. The minimum absolute atomic E-state index is 0. The van der Waals surface area contributed by atoms with Crippen LogP contribution in [0.4, 0.5) is 0 Å². The zero-order chi connectivity index (χ0) is 26.2. The Morgan fingerprint density at radius 3 is 2.31 bits per heavy atom. The number of aromatic carboxylic acids is 1. The maximum absolute atomic E-state index is 10.9. The van der Waals surface area contributed by atoms with Crippen molar-refractivity contribution in [3.63, 3.8) is 0 Å². The Labute approximate surface area is 255 Å². The van der Waals surface area contributed by atoms with E-state index in [1.165, 1.54) is 18.3 Å². The maximum atomic E-state index is 10.9. The zero-order valence-electron chi connectivity index (χ0n) is 20.8. The van der Waals surface area contributed by atoms with E-state index in [-0.39, 0.29) is 47.6 Å². The number of aromatic nitrogens is 2. The first-order chi connectivity index (χ1) is 18.5. The van der Waals surface area contributed by atoms with E-state index < -0.39 is 5.97 Å². The van der Waals surface area contributed by atoms with Crippen LogP contribution in [0.2, 0.25) is 10.0 Å². The second kappa shape index (κ2) is 11.6. The number of fused-ring (bicyclic) bond motifs is 1. The topological polar surface area (TPSA) is 97.5 Å². The molecule has 39 heavy (non-hydrogen) atoms. The van der Waals surface area contributed by atoms with Crippen molar-refractivity contribution < 1.29 is 53.5 Å². The van der Waals surface area contributed by atoms with Gasteiger partial charge in [0.2, 0.25) is 5.88 Å². The summed E-state index contributed by atoms with van der Waals surface area (Å²) in [4.78, 5) is 14.9. The van der Waals surface area contributed by atoms with Crippen LogP contribution in [0.25, 0.3) is 22.0 Å². The van der Waals surface area contributed by atoms with Crippen molar-refractivity contribution in [2.75, 3.05) is 0 Å². The fraction of sp³-hybridized carbons (Fsp3) is 0.138. The summed E-state index contributed by atoms with van der Waals surface area (Å²) in [7, 11) is 0. The Bertz CT molecular complexity index is 1650. The zero-order valence-corrected chi connectivity index (χ0v) is 24.3. The minimum Gasteiger partial charge on any atom is -0.545 e. The smallest absolute Gasteiger partial charge is 0.545 e. The molecule has 0 spiro atoms. The molecule has 6 rings (SSSR count). The van der Waals surface area contributed by atoms with Crippen LogP contribution in [0.5, 0.6) is 17.4 Å². The van der Waals surface area contributed by atoms with E-state index in [0.717, 1.165) is 34.9 Å². The molecule has 190 valence electrons. The summed E-state index contributed by atoms with van der Waals surface area (Å²) < 4.78 is 17.7. The number of carboxylic acid groups (broad SMARTS) is 1. The Morgan fingerprint density at radius 1 is 0.974 bits per heavy atom. The van der Waals surface area contributed by atoms with Crippen LogP contribution in [0.15, 0.2) is 77.4 Å². The summed E-state index contributed by atoms with van der Waals surface area (Å²) in [5.41, 5.74) is 2.08. The van der Waals surface area contributed by atoms with Gasteiger partial charge in [-0.1, -0.05) is 46.6 Å². The van der Waals surface area contributed by atoms with E-state index in [4.69, 9.17) is 37.2 Å². The van der Waals surface area contributed by atoms with Crippen LogP contribution in [-0.2, 0) is 6.61 Å². The fourth-order valence-electron chi connectivity index (χ4n) is 4.24. The number of hydrogen-bond acceptors (Lipinski definition) is 7. The summed E-state index contributed by atoms with van der Waals surface area (Å²) in [6, 6.07) is 19.6. The van der Waals surface area contributed by atoms with Crippen molar-refractivity contribution in [3.05, 3.63) is 99.9 Å². The number of carbonyl (C=O) groups excluding carboxylic acids is 1. The van der Waals surface area contributed by atoms with Crippen molar-refractivity contribution in [2.24, 2.45) is 0 Å². The number of halogens is 2. The minimum atomic E-state index is -1.29. The molecule has 1 fully saturated rings. The van der Waals surface area contributed by atoms with E-state index in [1.807, 2.05) is 36.4 Å². The van der Waals surface area contributed by atoms with Crippen LogP contribution in [0, 0.1) is 0 Å². The third kappa shape index (κ3) is 5.93. The Hall–Kier alpha value is -3.07. The first-order valence-electron chi connectivity index (χ1n) is 11.9. The summed E-state index contributed by atoms with van der Waals surface area (Å²) in [5.74, 6) is 1.40.